The van der Waals surface area contributed by atoms with Gasteiger partial charge in [0.2, 0.25) is 5.91 Å². The average molecular weight is 397 g/mol. The molecule has 9 nitrogen and oxygen atoms in total. The highest BCUT2D eigenvalue weighted by atomic mass is 32.2. The third-order valence-electron chi connectivity index (χ3n) is 4.24. The van der Waals surface area contributed by atoms with Gasteiger partial charge in [-0.15, -0.1) is 0 Å². The fraction of sp³-hybridized carbons (Fsp3) is 0.471. The molecular formula is C17H23N3O6S. The smallest absolute Gasteiger partial charge is 0.420 e. The zero-order chi connectivity index (χ0) is 20.0. The third-order valence-corrected chi connectivity index (χ3v) is 5.57. The Morgan fingerprint density at radius 3 is 2.52 bits per heavy atom. The molecule has 0 aromatic heterocycles. The Kier molecular flexibility index (Phi) is 6.78. The summed E-state index contributed by atoms with van der Waals surface area (Å²) in [6, 6.07) is 5.49. The van der Waals surface area contributed by atoms with Gasteiger partial charge in [-0.05, 0) is 36.5 Å². The van der Waals surface area contributed by atoms with Gasteiger partial charge in [0.25, 0.3) is 10.0 Å². The number of piperidine rings is 1. The zero-order valence-corrected chi connectivity index (χ0v) is 16.0. The number of ether oxygens (including phenoxy) is 1. The minimum atomic E-state index is -3.99. The first kappa shape index (κ1) is 20.7. The maximum atomic E-state index is 12.1. The van der Waals surface area contributed by atoms with Crippen LogP contribution in [-0.2, 0) is 26.0 Å². The van der Waals surface area contributed by atoms with Gasteiger partial charge in [-0.3, -0.25) is 9.69 Å². The van der Waals surface area contributed by atoms with Crippen LogP contribution in [0.15, 0.2) is 29.2 Å². The van der Waals surface area contributed by atoms with E-state index in [1.807, 2.05) is 6.92 Å². The van der Waals surface area contributed by atoms with Crippen LogP contribution < -0.4 is 10.0 Å². The first-order valence-corrected chi connectivity index (χ1v) is 9.99. The second-order valence-electron chi connectivity index (χ2n) is 6.37. The number of methoxy groups -OCH3 is 1. The van der Waals surface area contributed by atoms with Crippen LogP contribution in [0.1, 0.15) is 25.3 Å². The molecule has 1 aromatic carbocycles. The Morgan fingerprint density at radius 2 is 1.93 bits per heavy atom. The molecule has 1 fully saturated rings. The van der Waals surface area contributed by atoms with Gasteiger partial charge < -0.3 is 10.1 Å². The second kappa shape index (κ2) is 8.85. The molecule has 0 radical (unpaired) electrons. The molecule has 1 aromatic rings. The van der Waals surface area contributed by atoms with Crippen molar-refractivity contribution < 1.29 is 27.5 Å². The summed E-state index contributed by atoms with van der Waals surface area (Å²) >= 11 is 0. The molecule has 1 aliphatic rings. The lowest BCUT2D eigenvalue weighted by Gasteiger charge is -2.28. The van der Waals surface area contributed by atoms with Crippen molar-refractivity contribution in [2.24, 2.45) is 5.92 Å². The number of amides is 4. The first-order valence-electron chi connectivity index (χ1n) is 8.51. The van der Waals surface area contributed by atoms with Crippen molar-refractivity contribution in [2.75, 3.05) is 20.2 Å². The van der Waals surface area contributed by atoms with Crippen LogP contribution in [0, 0.1) is 5.92 Å². The van der Waals surface area contributed by atoms with Gasteiger partial charge >= 0.3 is 12.1 Å². The molecule has 1 saturated heterocycles. The highest BCUT2D eigenvalue weighted by molar-refractivity contribution is 7.90. The summed E-state index contributed by atoms with van der Waals surface area (Å²) in [5.41, 5.74) is 0.797. The molecule has 1 atom stereocenters. The standard InChI is InChI=1S/C17H23N3O6S/c1-12-8-10-20(15(21)11-12)16(22)18-9-7-13-3-5-14(6-4-13)27(24,25)19-17(23)26-2/h3-6,12H,7-11H2,1-2H3,(H,18,22)(H,19,23). The van der Waals surface area contributed by atoms with Gasteiger partial charge in [-0.1, -0.05) is 19.1 Å². The lowest BCUT2D eigenvalue weighted by molar-refractivity contribution is -0.131. The Labute approximate surface area is 158 Å². The van der Waals surface area contributed by atoms with E-state index in [1.54, 1.807) is 16.9 Å². The lowest BCUT2D eigenvalue weighted by atomic mass is 9.99. The molecular weight excluding hydrogens is 374 g/mol. The van der Waals surface area contributed by atoms with Crippen molar-refractivity contribution in [3.63, 3.8) is 0 Å². The molecule has 1 unspecified atom stereocenters. The van der Waals surface area contributed by atoms with Crippen molar-refractivity contribution in [1.82, 2.24) is 14.9 Å². The number of sulfonamides is 1. The number of benzene rings is 1. The summed E-state index contributed by atoms with van der Waals surface area (Å²) in [6.45, 7) is 2.72. The Bertz CT molecular complexity index is 806. The van der Waals surface area contributed by atoms with Crippen LogP contribution in [-0.4, -0.2) is 51.5 Å². The van der Waals surface area contributed by atoms with E-state index in [9.17, 15) is 22.8 Å². The van der Waals surface area contributed by atoms with E-state index in [4.69, 9.17) is 0 Å². The van der Waals surface area contributed by atoms with Crippen molar-refractivity contribution >= 4 is 28.1 Å². The van der Waals surface area contributed by atoms with Crippen molar-refractivity contribution in [3.8, 4) is 0 Å². The lowest BCUT2D eigenvalue weighted by Crippen LogP contribution is -2.48. The monoisotopic (exact) mass is 397 g/mol. The number of imide groups is 1. The van der Waals surface area contributed by atoms with E-state index in [1.165, 1.54) is 17.0 Å². The molecule has 1 heterocycles. The van der Waals surface area contributed by atoms with Crippen LogP contribution >= 0.6 is 0 Å². The number of hydrogen-bond donors (Lipinski definition) is 2. The molecule has 27 heavy (non-hydrogen) atoms. The van der Waals surface area contributed by atoms with Crippen molar-refractivity contribution in [2.45, 2.75) is 31.1 Å². The van der Waals surface area contributed by atoms with Gasteiger partial charge in [0.05, 0.1) is 12.0 Å². The van der Waals surface area contributed by atoms with Gasteiger partial charge in [0.15, 0.2) is 0 Å². The Morgan fingerprint density at radius 1 is 1.26 bits per heavy atom. The van der Waals surface area contributed by atoms with Crippen LogP contribution in [0.2, 0.25) is 0 Å². The van der Waals surface area contributed by atoms with Crippen molar-refractivity contribution in [1.29, 1.82) is 0 Å². The Hall–Kier alpha value is -2.62. The largest absolute Gasteiger partial charge is 0.452 e. The maximum Gasteiger partial charge on any atom is 0.420 e. The molecule has 0 bridgehead atoms. The maximum absolute atomic E-state index is 12.1. The van der Waals surface area contributed by atoms with Crippen LogP contribution in [0.5, 0.6) is 0 Å². The predicted octanol–water partition coefficient (Wildman–Crippen LogP) is 1.24. The topological polar surface area (TPSA) is 122 Å². The number of likely N-dealkylation sites (tertiary alicyclic amines) is 1. The molecule has 2 rings (SSSR count). The number of urea groups is 1. The minimum Gasteiger partial charge on any atom is -0.452 e. The second-order valence-corrected chi connectivity index (χ2v) is 8.05. The van der Waals surface area contributed by atoms with Crippen LogP contribution in [0.4, 0.5) is 9.59 Å². The molecule has 10 heteroatoms. The number of rotatable bonds is 5. The van der Waals surface area contributed by atoms with E-state index in [-0.39, 0.29) is 10.8 Å². The summed E-state index contributed by atoms with van der Waals surface area (Å²) in [7, 11) is -2.92. The fourth-order valence-corrected chi connectivity index (χ4v) is 3.57. The van der Waals surface area contributed by atoms with E-state index in [0.29, 0.717) is 31.8 Å². The number of hydrogen-bond acceptors (Lipinski definition) is 6. The van der Waals surface area contributed by atoms with Crippen LogP contribution in [0.3, 0.4) is 0 Å². The SMILES string of the molecule is COC(=O)NS(=O)(=O)c1ccc(CCNC(=O)N2CCC(C)CC2=O)cc1. The van der Waals surface area contributed by atoms with Gasteiger partial charge in [0.1, 0.15) is 0 Å². The normalized spacial score (nSPS) is 17.3. The highest BCUT2D eigenvalue weighted by Gasteiger charge is 2.27. The number of nitrogens with one attached hydrogen (secondary N) is 2. The van der Waals surface area contributed by atoms with Gasteiger partial charge in [-0.25, -0.2) is 22.7 Å². The van der Waals surface area contributed by atoms with Gasteiger partial charge in [0, 0.05) is 19.5 Å². The fourth-order valence-electron chi connectivity index (χ4n) is 2.65. The summed E-state index contributed by atoms with van der Waals surface area (Å²) in [5.74, 6) is 0.129. The molecule has 148 valence electrons. The van der Waals surface area contributed by atoms with E-state index >= 15 is 0 Å². The molecule has 2 N–H and O–H groups in total. The summed E-state index contributed by atoms with van der Waals surface area (Å²) < 4.78 is 29.9. The van der Waals surface area contributed by atoms with Crippen LogP contribution in [0.25, 0.3) is 0 Å². The summed E-state index contributed by atoms with van der Waals surface area (Å²) in [5, 5.41) is 2.70. The number of carbonyl (C=O) groups is 3. The third kappa shape index (κ3) is 5.68. The molecule has 0 spiro atoms. The summed E-state index contributed by atoms with van der Waals surface area (Å²) in [6.07, 6.45) is 0.579. The van der Waals surface area contributed by atoms with E-state index in [0.717, 1.165) is 19.1 Å². The summed E-state index contributed by atoms with van der Waals surface area (Å²) in [4.78, 5) is 36.2. The molecule has 0 saturated carbocycles. The van der Waals surface area contributed by atoms with Crippen molar-refractivity contribution in [3.05, 3.63) is 29.8 Å². The minimum absolute atomic E-state index is 0.0753. The quantitative estimate of drug-likeness (QED) is 0.771. The van der Waals surface area contributed by atoms with E-state index < -0.39 is 22.1 Å². The van der Waals surface area contributed by atoms with Gasteiger partial charge in [-0.2, -0.15) is 0 Å². The zero-order valence-electron chi connectivity index (χ0n) is 15.2. The first-order chi connectivity index (χ1) is 12.7. The number of carbonyl (C=O) groups excluding carboxylic acids is 3. The molecule has 4 amide bonds. The average Bonchev–Trinajstić information content (AvgIpc) is 2.61. The predicted molar refractivity (Wildman–Crippen MR) is 96.4 cm³/mol. The molecule has 1 aliphatic heterocycles. The number of nitrogens with zero attached hydrogens (tertiary/aromatic N) is 1. The highest BCUT2D eigenvalue weighted by Crippen LogP contribution is 2.17. The van der Waals surface area contributed by atoms with E-state index in [2.05, 4.69) is 10.1 Å². The Balaban J connectivity index is 1.86. The molecule has 0 aliphatic carbocycles.